The molecule has 0 bridgehead atoms. The normalized spacial score (nSPS) is 14.8. The molecule has 0 spiro atoms. The van der Waals surface area contributed by atoms with E-state index in [4.69, 9.17) is 0 Å². The molecule has 0 radical (unpaired) electrons. The van der Waals surface area contributed by atoms with Gasteiger partial charge in [0.15, 0.2) is 0 Å². The van der Waals surface area contributed by atoms with Crippen LogP contribution in [0.4, 0.5) is 0 Å². The lowest BCUT2D eigenvalue weighted by atomic mass is 9.99. The molecule has 2 nitrogen and oxygen atoms in total. The summed E-state index contributed by atoms with van der Waals surface area (Å²) >= 11 is 0. The van der Waals surface area contributed by atoms with Crippen LogP contribution in [0.15, 0.2) is 10.2 Å². The minimum Gasteiger partial charge on any atom is -0.163 e. The Labute approximate surface area is 75.8 Å². The number of rotatable bonds is 1. The summed E-state index contributed by atoms with van der Waals surface area (Å²) < 4.78 is 0. The van der Waals surface area contributed by atoms with E-state index in [9.17, 15) is 0 Å². The predicted octanol–water partition coefficient (Wildman–Crippen LogP) is 3.14. The molecular weight excluding hydrogens is 148 g/mol. The average molecular weight is 168 g/mol. The first kappa shape index (κ1) is 11.3. The largest absolute Gasteiger partial charge is 0.163 e. The van der Waals surface area contributed by atoms with E-state index in [2.05, 4.69) is 51.7 Å². The molecule has 12 heavy (non-hydrogen) atoms. The molecule has 0 aliphatic carbocycles. The Balaban J connectivity index is 4.00. The molecular formula is C10H20N2. The smallest absolute Gasteiger partial charge is 0.0323 e. The summed E-state index contributed by atoms with van der Waals surface area (Å²) in [6, 6.07) is 0. The van der Waals surface area contributed by atoms with Gasteiger partial charge >= 0.3 is 0 Å². The molecule has 0 aliphatic rings. The molecule has 2 heteroatoms. The Morgan fingerprint density at radius 1 is 0.667 bits per heavy atom. The molecule has 0 aromatic carbocycles. The maximum Gasteiger partial charge on any atom is 0.0323 e. The van der Waals surface area contributed by atoms with Crippen LogP contribution in [-0.4, -0.2) is 12.4 Å². The molecule has 0 atom stereocenters. The van der Waals surface area contributed by atoms with E-state index >= 15 is 0 Å². The van der Waals surface area contributed by atoms with Crippen molar-refractivity contribution in [3.8, 4) is 0 Å². The van der Waals surface area contributed by atoms with E-state index in [0.717, 1.165) is 0 Å². The van der Waals surface area contributed by atoms with Gasteiger partial charge in [-0.1, -0.05) is 41.5 Å². The van der Waals surface area contributed by atoms with Gasteiger partial charge in [-0.15, -0.1) is 0 Å². The van der Waals surface area contributed by atoms with Crippen LogP contribution < -0.4 is 0 Å². The lowest BCUT2D eigenvalue weighted by Crippen LogP contribution is -2.07. The van der Waals surface area contributed by atoms with Gasteiger partial charge in [0.2, 0.25) is 0 Å². The van der Waals surface area contributed by atoms with E-state index in [-0.39, 0.29) is 10.8 Å². The van der Waals surface area contributed by atoms with Crippen molar-refractivity contribution in [3.05, 3.63) is 0 Å². The summed E-state index contributed by atoms with van der Waals surface area (Å²) in [6.07, 6.45) is 3.71. The Kier molecular flexibility index (Phi) is 3.62. The molecule has 0 aliphatic heterocycles. The third-order valence-corrected chi connectivity index (χ3v) is 0.957. The minimum absolute atomic E-state index is 0.120. The lowest BCUT2D eigenvalue weighted by Gasteiger charge is -2.10. The molecule has 0 rings (SSSR count). The molecule has 0 saturated carbocycles. The van der Waals surface area contributed by atoms with Crippen LogP contribution in [-0.2, 0) is 0 Å². The van der Waals surface area contributed by atoms with Crippen LogP contribution in [0, 0.1) is 10.8 Å². The number of hydrogen-bond donors (Lipinski definition) is 0. The molecule has 0 N–H and O–H groups in total. The fraction of sp³-hybridized carbons (Fsp3) is 0.800. The quantitative estimate of drug-likeness (QED) is 0.424. The molecule has 0 heterocycles. The van der Waals surface area contributed by atoms with Crippen molar-refractivity contribution in [1.82, 2.24) is 0 Å². The summed E-state index contributed by atoms with van der Waals surface area (Å²) in [5, 5.41) is 7.94. The summed E-state index contributed by atoms with van der Waals surface area (Å²) in [4.78, 5) is 0. The second-order valence-electron chi connectivity index (χ2n) is 5.22. The van der Waals surface area contributed by atoms with Crippen molar-refractivity contribution in [2.24, 2.45) is 21.0 Å². The van der Waals surface area contributed by atoms with Crippen molar-refractivity contribution in [1.29, 1.82) is 0 Å². The van der Waals surface area contributed by atoms with E-state index in [1.54, 1.807) is 0 Å². The Bertz CT molecular complexity index is 155. The fourth-order valence-corrected chi connectivity index (χ4v) is 0.413. The van der Waals surface area contributed by atoms with Crippen molar-refractivity contribution < 1.29 is 0 Å². The first-order valence-corrected chi connectivity index (χ1v) is 4.29. The van der Waals surface area contributed by atoms with E-state index < -0.39 is 0 Å². The maximum absolute atomic E-state index is 3.97. The van der Waals surface area contributed by atoms with Crippen molar-refractivity contribution in [2.75, 3.05) is 0 Å². The van der Waals surface area contributed by atoms with E-state index in [1.165, 1.54) is 0 Å². The average Bonchev–Trinajstić information content (AvgIpc) is 1.76. The van der Waals surface area contributed by atoms with Gasteiger partial charge in [0.1, 0.15) is 0 Å². The SMILES string of the molecule is CC(C)(C)/C=N/N=C/C(C)(C)C. The predicted molar refractivity (Wildman–Crippen MR) is 55.9 cm³/mol. The van der Waals surface area contributed by atoms with Gasteiger partial charge in [0.05, 0.1) is 0 Å². The highest BCUT2D eigenvalue weighted by atomic mass is 15.2. The Morgan fingerprint density at radius 3 is 1.08 bits per heavy atom. The van der Waals surface area contributed by atoms with Gasteiger partial charge in [-0.05, 0) is 10.8 Å². The first-order valence-electron chi connectivity index (χ1n) is 4.29. The topological polar surface area (TPSA) is 24.7 Å². The molecule has 0 saturated heterocycles. The Hall–Kier alpha value is -0.660. The number of nitrogens with zero attached hydrogens (tertiary/aromatic N) is 2. The van der Waals surface area contributed by atoms with Gasteiger partial charge in [0, 0.05) is 12.4 Å². The highest BCUT2D eigenvalue weighted by molar-refractivity contribution is 5.67. The zero-order chi connectivity index (χ0) is 9.83. The molecule has 0 amide bonds. The second-order valence-corrected chi connectivity index (χ2v) is 5.22. The van der Waals surface area contributed by atoms with Crippen molar-refractivity contribution in [2.45, 2.75) is 41.5 Å². The highest BCUT2D eigenvalue weighted by Gasteiger charge is 2.06. The van der Waals surface area contributed by atoms with Crippen LogP contribution in [0.25, 0.3) is 0 Å². The lowest BCUT2D eigenvalue weighted by molar-refractivity contribution is 0.598. The fourth-order valence-electron chi connectivity index (χ4n) is 0.413. The van der Waals surface area contributed by atoms with Crippen LogP contribution in [0.3, 0.4) is 0 Å². The van der Waals surface area contributed by atoms with Crippen LogP contribution in [0.1, 0.15) is 41.5 Å². The standard InChI is InChI=1S/C10H20N2/c1-9(2,3)7-11-12-8-10(4,5)6/h7-8H,1-6H3/b11-7+,12-8+. The monoisotopic (exact) mass is 168 g/mol. The minimum atomic E-state index is 0.120. The van der Waals surface area contributed by atoms with E-state index in [1.807, 2.05) is 12.4 Å². The van der Waals surface area contributed by atoms with Crippen molar-refractivity contribution >= 4 is 12.4 Å². The zero-order valence-electron chi connectivity index (χ0n) is 9.05. The van der Waals surface area contributed by atoms with Crippen molar-refractivity contribution in [3.63, 3.8) is 0 Å². The second kappa shape index (κ2) is 3.83. The van der Waals surface area contributed by atoms with E-state index in [0.29, 0.717) is 0 Å². The summed E-state index contributed by atoms with van der Waals surface area (Å²) in [6.45, 7) is 12.6. The summed E-state index contributed by atoms with van der Waals surface area (Å²) in [7, 11) is 0. The van der Waals surface area contributed by atoms with Gasteiger partial charge in [-0.3, -0.25) is 0 Å². The zero-order valence-corrected chi connectivity index (χ0v) is 9.05. The van der Waals surface area contributed by atoms with Crippen LogP contribution in [0.2, 0.25) is 0 Å². The molecule has 0 aromatic rings. The molecule has 0 unspecified atom stereocenters. The third-order valence-electron chi connectivity index (χ3n) is 0.957. The van der Waals surface area contributed by atoms with Crippen LogP contribution >= 0.6 is 0 Å². The summed E-state index contributed by atoms with van der Waals surface area (Å²) in [5.41, 5.74) is 0.241. The number of hydrogen-bond acceptors (Lipinski definition) is 2. The van der Waals surface area contributed by atoms with Gasteiger partial charge in [0.25, 0.3) is 0 Å². The molecule has 0 aromatic heterocycles. The first-order chi connectivity index (χ1) is 5.21. The third kappa shape index (κ3) is 9.34. The molecule has 70 valence electrons. The highest BCUT2D eigenvalue weighted by Crippen LogP contribution is 2.10. The van der Waals surface area contributed by atoms with Gasteiger partial charge in [-0.25, -0.2) is 0 Å². The van der Waals surface area contributed by atoms with Gasteiger partial charge in [-0.2, -0.15) is 10.2 Å². The molecule has 0 fully saturated rings. The van der Waals surface area contributed by atoms with Gasteiger partial charge < -0.3 is 0 Å². The summed E-state index contributed by atoms with van der Waals surface area (Å²) in [5.74, 6) is 0. The maximum atomic E-state index is 3.97. The van der Waals surface area contributed by atoms with Crippen LogP contribution in [0.5, 0.6) is 0 Å². The Morgan fingerprint density at radius 2 is 0.917 bits per heavy atom.